The number of carboxylic acids is 1. The van der Waals surface area contributed by atoms with Gasteiger partial charge in [0.2, 0.25) is 17.7 Å². The second-order valence-electron chi connectivity index (χ2n) is 8.08. The maximum absolute atomic E-state index is 13.2. The van der Waals surface area contributed by atoms with Crippen molar-refractivity contribution in [2.45, 2.75) is 43.4 Å². The number of rotatable bonds is 9. The molecular weight excluding hydrogens is 518 g/mol. The molecule has 2 heterocycles. The fraction of sp³-hybridized carbons (Fsp3) is 0.320. The molecule has 1 unspecified atom stereocenters. The van der Waals surface area contributed by atoms with Crippen LogP contribution in [0, 0.1) is 0 Å². The van der Waals surface area contributed by atoms with Gasteiger partial charge in [-0.25, -0.2) is 9.59 Å². The van der Waals surface area contributed by atoms with Crippen molar-refractivity contribution in [1.29, 1.82) is 0 Å². The number of fused-ring (bicyclic) bond motifs is 1. The van der Waals surface area contributed by atoms with E-state index >= 15 is 0 Å². The molecule has 0 bridgehead atoms. The summed E-state index contributed by atoms with van der Waals surface area (Å²) in [7, 11) is 1.29. The average Bonchev–Trinajstić information content (AvgIpc) is 3.22. The summed E-state index contributed by atoms with van der Waals surface area (Å²) < 4.78 is 4.97. The molecule has 0 fully saturated rings. The van der Waals surface area contributed by atoms with E-state index in [9.17, 15) is 24.0 Å². The number of benzene rings is 1. The summed E-state index contributed by atoms with van der Waals surface area (Å²) in [5, 5.41) is 14.0. The Labute approximate surface area is 222 Å². The zero-order valence-electron chi connectivity index (χ0n) is 20.5. The Kier molecular flexibility index (Phi) is 9.48. The Morgan fingerprint density at radius 1 is 1.22 bits per heavy atom. The number of carbonyl (C=O) groups is 5. The summed E-state index contributed by atoms with van der Waals surface area (Å²) >= 11 is 2.57. The Morgan fingerprint density at radius 3 is 2.62 bits per heavy atom. The van der Waals surface area contributed by atoms with E-state index in [1.54, 1.807) is 29.2 Å². The number of aliphatic carboxylic acids is 1. The number of hydrogen-bond donors (Lipinski definition) is 3. The number of methoxy groups -OCH3 is 1. The number of amides is 3. The molecule has 2 aromatic rings. The highest BCUT2D eigenvalue weighted by molar-refractivity contribution is 8.00. The molecule has 196 valence electrons. The number of thiophene rings is 1. The monoisotopic (exact) mass is 545 g/mol. The van der Waals surface area contributed by atoms with Gasteiger partial charge in [-0.15, -0.1) is 23.1 Å². The van der Waals surface area contributed by atoms with Gasteiger partial charge in [-0.2, -0.15) is 0 Å². The molecule has 37 heavy (non-hydrogen) atoms. The molecule has 0 spiro atoms. The first-order valence-electron chi connectivity index (χ1n) is 11.4. The third kappa shape index (κ3) is 7.20. The van der Waals surface area contributed by atoms with Crippen LogP contribution in [0.5, 0.6) is 0 Å². The highest BCUT2D eigenvalue weighted by Crippen LogP contribution is 2.38. The summed E-state index contributed by atoms with van der Waals surface area (Å²) in [4.78, 5) is 63.4. The second-order valence-corrected chi connectivity index (χ2v) is 10.5. The fourth-order valence-corrected chi connectivity index (χ4v) is 6.00. The number of thioether (sulfide) groups is 1. The molecule has 1 aliphatic heterocycles. The normalized spacial score (nSPS) is 13.5. The number of ether oxygens (including phenoxy) is 1. The van der Waals surface area contributed by atoms with Gasteiger partial charge in [0.15, 0.2) is 0 Å². The van der Waals surface area contributed by atoms with Gasteiger partial charge < -0.3 is 25.4 Å². The van der Waals surface area contributed by atoms with Crippen molar-refractivity contribution >= 4 is 63.4 Å². The predicted octanol–water partition coefficient (Wildman–Crippen LogP) is 3.53. The SMILES string of the molecule is CCC(Sc1cccc(NC(=O)/C=C/C(=O)O)c1)C(=O)Nc1sc2c(c1C(=O)OC)CCN(C(C)=O)C2. The smallest absolute Gasteiger partial charge is 0.341 e. The molecule has 1 aliphatic rings. The molecule has 1 aromatic heterocycles. The minimum Gasteiger partial charge on any atom is -0.478 e. The molecule has 10 nitrogen and oxygen atoms in total. The van der Waals surface area contributed by atoms with Gasteiger partial charge in [-0.3, -0.25) is 14.4 Å². The van der Waals surface area contributed by atoms with Crippen molar-refractivity contribution in [2.75, 3.05) is 24.3 Å². The van der Waals surface area contributed by atoms with E-state index in [0.717, 1.165) is 27.5 Å². The summed E-state index contributed by atoms with van der Waals surface area (Å²) in [6.45, 7) is 4.23. The van der Waals surface area contributed by atoms with Crippen LogP contribution in [-0.4, -0.2) is 58.6 Å². The van der Waals surface area contributed by atoms with Gasteiger partial charge in [0.25, 0.3) is 0 Å². The van der Waals surface area contributed by atoms with Crippen molar-refractivity contribution < 1.29 is 33.8 Å². The minimum atomic E-state index is -1.23. The van der Waals surface area contributed by atoms with E-state index in [1.807, 2.05) is 6.92 Å². The summed E-state index contributed by atoms with van der Waals surface area (Å²) in [5.41, 5.74) is 1.58. The van der Waals surface area contributed by atoms with E-state index in [-0.39, 0.29) is 11.8 Å². The predicted molar refractivity (Wildman–Crippen MR) is 141 cm³/mol. The average molecular weight is 546 g/mol. The summed E-state index contributed by atoms with van der Waals surface area (Å²) in [6.07, 6.45) is 2.65. The third-order valence-electron chi connectivity index (χ3n) is 5.55. The fourth-order valence-electron chi connectivity index (χ4n) is 3.74. The lowest BCUT2D eigenvalue weighted by Gasteiger charge is -2.25. The number of nitrogens with zero attached hydrogens (tertiary/aromatic N) is 1. The molecule has 1 aromatic carbocycles. The summed E-state index contributed by atoms with van der Waals surface area (Å²) in [5.74, 6) is -2.70. The maximum Gasteiger partial charge on any atom is 0.341 e. The Bertz CT molecular complexity index is 1250. The van der Waals surface area contributed by atoms with E-state index in [4.69, 9.17) is 9.84 Å². The van der Waals surface area contributed by atoms with Gasteiger partial charge in [-0.05, 0) is 36.6 Å². The van der Waals surface area contributed by atoms with Crippen molar-refractivity contribution in [1.82, 2.24) is 4.90 Å². The van der Waals surface area contributed by atoms with Crippen LogP contribution in [0.4, 0.5) is 10.7 Å². The molecule has 0 radical (unpaired) electrons. The topological polar surface area (TPSA) is 142 Å². The molecular formula is C25H27N3O7S2. The first kappa shape index (κ1) is 27.9. The molecule has 1 atom stereocenters. The van der Waals surface area contributed by atoms with Crippen LogP contribution in [-0.2, 0) is 36.9 Å². The van der Waals surface area contributed by atoms with Crippen molar-refractivity contribution in [3.8, 4) is 0 Å². The second kappa shape index (κ2) is 12.5. The van der Waals surface area contributed by atoms with Crippen LogP contribution >= 0.6 is 23.1 Å². The zero-order valence-corrected chi connectivity index (χ0v) is 22.2. The molecule has 12 heteroatoms. The van der Waals surface area contributed by atoms with Crippen LogP contribution < -0.4 is 10.6 Å². The quantitative estimate of drug-likeness (QED) is 0.247. The van der Waals surface area contributed by atoms with Gasteiger partial charge in [-0.1, -0.05) is 13.0 Å². The molecule has 0 saturated carbocycles. The van der Waals surface area contributed by atoms with Crippen molar-refractivity contribution in [2.24, 2.45) is 0 Å². The molecule has 3 rings (SSSR count). The molecule has 0 aliphatic carbocycles. The lowest BCUT2D eigenvalue weighted by molar-refractivity contribution is -0.132. The Balaban J connectivity index is 1.76. The van der Waals surface area contributed by atoms with E-state index < -0.39 is 23.1 Å². The lowest BCUT2D eigenvalue weighted by Crippen LogP contribution is -2.34. The molecule has 0 saturated heterocycles. The number of nitrogens with one attached hydrogen (secondary N) is 2. The van der Waals surface area contributed by atoms with Gasteiger partial charge in [0.1, 0.15) is 5.00 Å². The number of hydrogen-bond acceptors (Lipinski definition) is 8. The van der Waals surface area contributed by atoms with Crippen LogP contribution in [0.25, 0.3) is 0 Å². The number of anilines is 2. The number of carboxylic acid groups (broad SMARTS) is 1. The van der Waals surface area contributed by atoms with Crippen LogP contribution in [0.2, 0.25) is 0 Å². The maximum atomic E-state index is 13.2. The highest BCUT2D eigenvalue weighted by Gasteiger charge is 2.31. The molecule has 3 N–H and O–H groups in total. The molecule has 3 amide bonds. The van der Waals surface area contributed by atoms with Crippen LogP contribution in [0.15, 0.2) is 41.3 Å². The van der Waals surface area contributed by atoms with E-state index in [0.29, 0.717) is 42.2 Å². The third-order valence-corrected chi connectivity index (χ3v) is 8.04. The standard InChI is InChI=1S/C25H27N3O7S2/c1-4-18(36-16-7-5-6-15(12-16)26-20(30)8-9-21(31)32)23(33)27-24-22(25(34)35-3)17-10-11-28(14(2)29)13-19(17)37-24/h5-9,12,18H,4,10-11,13H2,1-3H3,(H,26,30)(H,27,33)(H,31,32)/b9-8+. The minimum absolute atomic E-state index is 0.0528. The first-order chi connectivity index (χ1) is 17.6. The largest absolute Gasteiger partial charge is 0.478 e. The van der Waals surface area contributed by atoms with Crippen LogP contribution in [0.1, 0.15) is 41.1 Å². The van der Waals surface area contributed by atoms with Gasteiger partial charge in [0.05, 0.1) is 24.5 Å². The Morgan fingerprint density at radius 2 is 1.97 bits per heavy atom. The zero-order chi connectivity index (χ0) is 27.1. The number of carbonyl (C=O) groups excluding carboxylic acids is 4. The lowest BCUT2D eigenvalue weighted by atomic mass is 10.0. The van der Waals surface area contributed by atoms with Crippen LogP contribution in [0.3, 0.4) is 0 Å². The van der Waals surface area contributed by atoms with Crippen molar-refractivity contribution in [3.63, 3.8) is 0 Å². The Hall–Kier alpha value is -3.64. The van der Waals surface area contributed by atoms with Gasteiger partial charge in [0, 0.05) is 41.1 Å². The van der Waals surface area contributed by atoms with Crippen molar-refractivity contribution in [3.05, 3.63) is 52.4 Å². The highest BCUT2D eigenvalue weighted by atomic mass is 32.2. The van der Waals surface area contributed by atoms with E-state index in [2.05, 4.69) is 10.6 Å². The number of esters is 1. The van der Waals surface area contributed by atoms with E-state index in [1.165, 1.54) is 37.1 Å². The summed E-state index contributed by atoms with van der Waals surface area (Å²) in [6, 6.07) is 6.85. The van der Waals surface area contributed by atoms with Gasteiger partial charge >= 0.3 is 11.9 Å². The first-order valence-corrected chi connectivity index (χ1v) is 13.1.